The van der Waals surface area contributed by atoms with E-state index in [1.54, 1.807) is 27.9 Å². The Bertz CT molecular complexity index is 748. The van der Waals surface area contributed by atoms with Crippen molar-refractivity contribution in [3.63, 3.8) is 0 Å². The molecule has 1 N–H and O–H groups in total. The van der Waals surface area contributed by atoms with Crippen LogP contribution >= 0.6 is 11.6 Å². The number of carboxylic acids is 1. The molecule has 0 unspecified atom stereocenters. The number of aromatic nitrogens is 2. The second kappa shape index (κ2) is 5.84. The van der Waals surface area contributed by atoms with Gasteiger partial charge in [0.15, 0.2) is 5.69 Å². The second-order valence-electron chi connectivity index (χ2n) is 5.02. The highest BCUT2D eigenvalue weighted by Gasteiger charge is 2.23. The zero-order chi connectivity index (χ0) is 16.6. The van der Waals surface area contributed by atoms with E-state index in [1.807, 2.05) is 0 Å². The fraction of sp³-hybridized carbons (Fsp3) is 0.357. The van der Waals surface area contributed by atoms with Crippen molar-refractivity contribution in [3.05, 3.63) is 39.6 Å². The predicted octanol–water partition coefficient (Wildman–Crippen LogP) is 2.25. The van der Waals surface area contributed by atoms with Gasteiger partial charge >= 0.3 is 5.97 Å². The van der Waals surface area contributed by atoms with E-state index in [0.717, 1.165) is 0 Å². The molecule has 22 heavy (non-hydrogen) atoms. The monoisotopic (exact) mass is 325 g/mol. The van der Waals surface area contributed by atoms with Gasteiger partial charge in [0.1, 0.15) is 17.1 Å². The average Bonchev–Trinajstić information content (AvgIpc) is 2.93. The van der Waals surface area contributed by atoms with E-state index in [-0.39, 0.29) is 23.7 Å². The number of hydrogen-bond acceptors (Lipinski definition) is 4. The Morgan fingerprint density at radius 1 is 1.45 bits per heavy atom. The number of halogens is 1. The Balaban J connectivity index is 2.19. The van der Waals surface area contributed by atoms with E-state index in [4.69, 9.17) is 21.1 Å². The molecule has 1 amide bonds. The fourth-order valence-electron chi connectivity index (χ4n) is 2.04. The quantitative estimate of drug-likeness (QED) is 0.931. The SMILES string of the molecule is Cc1oc(CN(C)C(=O)c2nn(C)c(C)c2Cl)cc1C(=O)O. The van der Waals surface area contributed by atoms with Crippen molar-refractivity contribution in [2.75, 3.05) is 7.05 Å². The van der Waals surface area contributed by atoms with Crippen LogP contribution in [0, 0.1) is 13.8 Å². The highest BCUT2D eigenvalue weighted by atomic mass is 35.5. The van der Waals surface area contributed by atoms with E-state index < -0.39 is 5.97 Å². The summed E-state index contributed by atoms with van der Waals surface area (Å²) in [4.78, 5) is 24.7. The molecule has 0 bridgehead atoms. The smallest absolute Gasteiger partial charge is 0.339 e. The van der Waals surface area contributed by atoms with Crippen LogP contribution in [0.5, 0.6) is 0 Å². The minimum atomic E-state index is -1.06. The summed E-state index contributed by atoms with van der Waals surface area (Å²) in [6.07, 6.45) is 0. The molecule has 0 saturated heterocycles. The summed E-state index contributed by atoms with van der Waals surface area (Å²) in [5.41, 5.74) is 0.939. The van der Waals surface area contributed by atoms with Gasteiger partial charge in [-0.2, -0.15) is 5.10 Å². The van der Waals surface area contributed by atoms with E-state index >= 15 is 0 Å². The van der Waals surface area contributed by atoms with Crippen molar-refractivity contribution in [3.8, 4) is 0 Å². The van der Waals surface area contributed by atoms with Crippen LogP contribution in [-0.4, -0.2) is 38.7 Å². The molecule has 0 fully saturated rings. The average molecular weight is 326 g/mol. The number of rotatable bonds is 4. The molecule has 0 atom stereocenters. The number of carboxylic acid groups (broad SMARTS) is 1. The van der Waals surface area contributed by atoms with Gasteiger partial charge in [-0.15, -0.1) is 0 Å². The molecule has 2 aromatic rings. The summed E-state index contributed by atoms with van der Waals surface area (Å²) >= 11 is 6.09. The van der Waals surface area contributed by atoms with Crippen LogP contribution in [0.1, 0.15) is 38.1 Å². The van der Waals surface area contributed by atoms with Crippen molar-refractivity contribution in [2.24, 2.45) is 7.05 Å². The Morgan fingerprint density at radius 3 is 2.55 bits per heavy atom. The first kappa shape index (κ1) is 16.1. The fourth-order valence-corrected chi connectivity index (χ4v) is 2.28. The number of nitrogens with zero attached hydrogens (tertiary/aromatic N) is 3. The lowest BCUT2D eigenvalue weighted by Gasteiger charge is -2.14. The molecule has 0 aliphatic rings. The third-order valence-corrected chi connectivity index (χ3v) is 3.85. The van der Waals surface area contributed by atoms with Crippen LogP contribution in [0.15, 0.2) is 10.5 Å². The molecular formula is C14H16ClN3O4. The predicted molar refractivity (Wildman–Crippen MR) is 79.2 cm³/mol. The molecule has 0 aliphatic heterocycles. The summed E-state index contributed by atoms with van der Waals surface area (Å²) in [7, 11) is 3.27. The summed E-state index contributed by atoms with van der Waals surface area (Å²) in [6, 6.07) is 1.41. The van der Waals surface area contributed by atoms with Crippen LogP contribution in [-0.2, 0) is 13.6 Å². The van der Waals surface area contributed by atoms with Gasteiger partial charge in [0.25, 0.3) is 5.91 Å². The van der Waals surface area contributed by atoms with Crippen molar-refractivity contribution >= 4 is 23.5 Å². The Hall–Kier alpha value is -2.28. The number of amides is 1. The normalized spacial score (nSPS) is 10.8. The molecule has 0 spiro atoms. The molecule has 7 nitrogen and oxygen atoms in total. The topological polar surface area (TPSA) is 88.6 Å². The van der Waals surface area contributed by atoms with Gasteiger partial charge in [0.2, 0.25) is 0 Å². The van der Waals surface area contributed by atoms with Crippen molar-refractivity contribution in [1.82, 2.24) is 14.7 Å². The first-order valence-electron chi connectivity index (χ1n) is 6.49. The van der Waals surface area contributed by atoms with Crippen LogP contribution < -0.4 is 0 Å². The van der Waals surface area contributed by atoms with Gasteiger partial charge in [-0.1, -0.05) is 11.6 Å². The van der Waals surface area contributed by atoms with Crippen LogP contribution in [0.25, 0.3) is 0 Å². The van der Waals surface area contributed by atoms with Crippen molar-refractivity contribution < 1.29 is 19.1 Å². The molecule has 0 saturated carbocycles. The van der Waals surface area contributed by atoms with Gasteiger partial charge in [-0.05, 0) is 19.9 Å². The van der Waals surface area contributed by atoms with E-state index in [1.165, 1.54) is 15.6 Å². The van der Waals surface area contributed by atoms with Crippen LogP contribution in [0.4, 0.5) is 0 Å². The Labute approximate surface area is 132 Å². The van der Waals surface area contributed by atoms with Gasteiger partial charge in [-0.25, -0.2) is 4.79 Å². The molecular weight excluding hydrogens is 310 g/mol. The maximum absolute atomic E-state index is 12.4. The zero-order valence-electron chi connectivity index (χ0n) is 12.7. The van der Waals surface area contributed by atoms with E-state index in [2.05, 4.69) is 5.10 Å². The molecule has 8 heteroatoms. The van der Waals surface area contributed by atoms with Crippen LogP contribution in [0.3, 0.4) is 0 Å². The van der Waals surface area contributed by atoms with Crippen molar-refractivity contribution in [1.29, 1.82) is 0 Å². The van der Waals surface area contributed by atoms with Crippen LogP contribution in [0.2, 0.25) is 5.02 Å². The molecule has 2 rings (SSSR count). The maximum Gasteiger partial charge on any atom is 0.339 e. The Morgan fingerprint density at radius 2 is 2.09 bits per heavy atom. The summed E-state index contributed by atoms with van der Waals surface area (Å²) in [5.74, 6) is -0.742. The van der Waals surface area contributed by atoms with Gasteiger partial charge in [-0.3, -0.25) is 9.48 Å². The second-order valence-corrected chi connectivity index (χ2v) is 5.40. The van der Waals surface area contributed by atoms with Crippen molar-refractivity contribution in [2.45, 2.75) is 20.4 Å². The molecule has 118 valence electrons. The number of hydrogen-bond donors (Lipinski definition) is 1. The minimum Gasteiger partial charge on any atom is -0.478 e. The molecule has 0 aliphatic carbocycles. The largest absolute Gasteiger partial charge is 0.478 e. The zero-order valence-corrected chi connectivity index (χ0v) is 13.4. The standard InChI is InChI=1S/C14H16ClN3O4/c1-7-11(15)12(16-18(7)4)13(19)17(3)6-9-5-10(14(20)21)8(2)22-9/h5H,6H2,1-4H3,(H,20,21). The van der Waals surface area contributed by atoms with Gasteiger partial charge in [0, 0.05) is 14.1 Å². The number of carbonyl (C=O) groups excluding carboxylic acids is 1. The summed E-state index contributed by atoms with van der Waals surface area (Å²) in [6.45, 7) is 3.45. The summed E-state index contributed by atoms with van der Waals surface area (Å²) < 4.78 is 6.89. The lowest BCUT2D eigenvalue weighted by molar-refractivity contribution is 0.0694. The molecule has 2 heterocycles. The molecule has 0 aromatic carbocycles. The highest BCUT2D eigenvalue weighted by molar-refractivity contribution is 6.34. The number of carbonyl (C=O) groups is 2. The lowest BCUT2D eigenvalue weighted by atomic mass is 10.2. The highest BCUT2D eigenvalue weighted by Crippen LogP contribution is 2.22. The first-order valence-corrected chi connectivity index (χ1v) is 6.87. The lowest BCUT2D eigenvalue weighted by Crippen LogP contribution is -2.26. The van der Waals surface area contributed by atoms with E-state index in [9.17, 15) is 9.59 Å². The molecule has 2 aromatic heterocycles. The number of aryl methyl sites for hydroxylation is 2. The van der Waals surface area contributed by atoms with Gasteiger partial charge in [0.05, 0.1) is 17.3 Å². The third kappa shape index (κ3) is 2.85. The minimum absolute atomic E-state index is 0.0857. The maximum atomic E-state index is 12.4. The third-order valence-electron chi connectivity index (χ3n) is 3.40. The Kier molecular flexibility index (Phi) is 4.27. The summed E-state index contributed by atoms with van der Waals surface area (Å²) in [5, 5.41) is 13.4. The number of furan rings is 1. The van der Waals surface area contributed by atoms with E-state index in [0.29, 0.717) is 22.2 Å². The first-order chi connectivity index (χ1) is 10.2. The number of aromatic carboxylic acids is 1. The molecule has 0 radical (unpaired) electrons. The van der Waals surface area contributed by atoms with Gasteiger partial charge < -0.3 is 14.4 Å².